The first-order chi connectivity index (χ1) is 5.12. The van der Waals surface area contributed by atoms with Crippen LogP contribution in [0.1, 0.15) is 6.92 Å². The van der Waals surface area contributed by atoms with Crippen molar-refractivity contribution in [3.63, 3.8) is 0 Å². The zero-order chi connectivity index (χ0) is 9.62. The Hall–Kier alpha value is 0.190. The minimum atomic E-state index is -3.59. The van der Waals surface area contributed by atoms with Crippen molar-refractivity contribution in [2.75, 3.05) is 17.3 Å². The molecule has 0 unspecified atom stereocenters. The molecule has 1 heterocycles. The molecule has 0 atom stereocenters. The molecule has 0 saturated carbocycles. The molecule has 12 heavy (non-hydrogen) atoms. The largest absolute Gasteiger partial charge is 0.233 e. The standard InChI is InChI=1S/C5H9ClO4S2/c1-5(4-12(6,9)10)2-11(7,8)3-5/h2-4H2,1H3. The van der Waals surface area contributed by atoms with Crippen LogP contribution >= 0.6 is 10.7 Å². The number of halogens is 1. The van der Waals surface area contributed by atoms with Gasteiger partial charge in [-0.2, -0.15) is 0 Å². The van der Waals surface area contributed by atoms with Crippen LogP contribution < -0.4 is 0 Å². The van der Waals surface area contributed by atoms with Crippen molar-refractivity contribution in [2.45, 2.75) is 6.92 Å². The van der Waals surface area contributed by atoms with E-state index in [1.807, 2.05) is 0 Å². The zero-order valence-electron chi connectivity index (χ0n) is 6.45. The highest BCUT2D eigenvalue weighted by atomic mass is 35.7. The third-order valence-electron chi connectivity index (χ3n) is 1.66. The summed E-state index contributed by atoms with van der Waals surface area (Å²) < 4.78 is 42.7. The van der Waals surface area contributed by atoms with Crippen LogP contribution in [0, 0.1) is 5.41 Å². The minimum absolute atomic E-state index is 0.0774. The topological polar surface area (TPSA) is 68.3 Å². The van der Waals surface area contributed by atoms with Crippen LogP contribution in [0.4, 0.5) is 0 Å². The molecule has 0 aromatic rings. The Morgan fingerprint density at radius 3 is 2.08 bits per heavy atom. The van der Waals surface area contributed by atoms with E-state index < -0.39 is 24.3 Å². The molecule has 72 valence electrons. The lowest BCUT2D eigenvalue weighted by molar-refractivity contribution is 0.412. The third-order valence-corrected chi connectivity index (χ3v) is 5.30. The van der Waals surface area contributed by atoms with Crippen LogP contribution in [0.15, 0.2) is 0 Å². The van der Waals surface area contributed by atoms with Crippen LogP contribution in [0.25, 0.3) is 0 Å². The van der Waals surface area contributed by atoms with Gasteiger partial charge in [0.15, 0.2) is 9.84 Å². The molecule has 0 aliphatic carbocycles. The quantitative estimate of drug-likeness (QED) is 0.628. The van der Waals surface area contributed by atoms with Gasteiger partial charge in [0.25, 0.3) is 0 Å². The maximum absolute atomic E-state index is 10.8. The fourth-order valence-electron chi connectivity index (χ4n) is 1.52. The predicted molar refractivity (Wildman–Crippen MR) is 46.4 cm³/mol. The molecule has 0 aromatic carbocycles. The van der Waals surface area contributed by atoms with E-state index in [2.05, 4.69) is 0 Å². The second kappa shape index (κ2) is 2.59. The molecule has 7 heteroatoms. The van der Waals surface area contributed by atoms with Gasteiger partial charge in [0.05, 0.1) is 17.3 Å². The molecule has 0 bridgehead atoms. The second-order valence-electron chi connectivity index (χ2n) is 3.53. The van der Waals surface area contributed by atoms with Crippen molar-refractivity contribution in [3.05, 3.63) is 0 Å². The molecule has 4 nitrogen and oxygen atoms in total. The van der Waals surface area contributed by atoms with Crippen molar-refractivity contribution in [2.24, 2.45) is 5.41 Å². The van der Waals surface area contributed by atoms with E-state index in [9.17, 15) is 16.8 Å². The van der Waals surface area contributed by atoms with Gasteiger partial charge in [0, 0.05) is 16.1 Å². The maximum Gasteiger partial charge on any atom is 0.233 e. The third kappa shape index (κ3) is 2.60. The number of hydrogen-bond donors (Lipinski definition) is 0. The van der Waals surface area contributed by atoms with Gasteiger partial charge in [-0.05, 0) is 0 Å². The van der Waals surface area contributed by atoms with E-state index in [1.165, 1.54) is 0 Å². The van der Waals surface area contributed by atoms with Gasteiger partial charge in [-0.25, -0.2) is 16.8 Å². The van der Waals surface area contributed by atoms with Crippen molar-refractivity contribution >= 4 is 29.6 Å². The molecule has 0 amide bonds. The maximum atomic E-state index is 10.8. The molecule has 0 spiro atoms. The van der Waals surface area contributed by atoms with Gasteiger partial charge in [0.1, 0.15) is 0 Å². The van der Waals surface area contributed by atoms with E-state index >= 15 is 0 Å². The zero-order valence-corrected chi connectivity index (χ0v) is 8.84. The van der Waals surface area contributed by atoms with Gasteiger partial charge in [-0.15, -0.1) is 0 Å². The summed E-state index contributed by atoms with van der Waals surface area (Å²) in [5.74, 6) is -0.418. The van der Waals surface area contributed by atoms with Crippen LogP contribution in [0.2, 0.25) is 0 Å². The Balaban J connectivity index is 2.70. The molecule has 1 fully saturated rings. The smallest absolute Gasteiger partial charge is 0.229 e. The lowest BCUT2D eigenvalue weighted by Gasteiger charge is -2.36. The SMILES string of the molecule is CC1(CS(=O)(=O)Cl)CS(=O)(=O)C1. The van der Waals surface area contributed by atoms with Gasteiger partial charge in [0.2, 0.25) is 9.05 Å². The first-order valence-corrected chi connectivity index (χ1v) is 7.55. The molecule has 1 aliphatic rings. The second-order valence-corrected chi connectivity index (χ2v) is 8.37. The van der Waals surface area contributed by atoms with Crippen LogP contribution in [-0.2, 0) is 18.9 Å². The van der Waals surface area contributed by atoms with Gasteiger partial charge < -0.3 is 0 Å². The Labute approximate surface area is 76.3 Å². The van der Waals surface area contributed by atoms with Crippen LogP contribution in [0.3, 0.4) is 0 Å². The summed E-state index contributed by atoms with van der Waals surface area (Å²) >= 11 is 0. The first-order valence-electron chi connectivity index (χ1n) is 3.25. The van der Waals surface area contributed by atoms with Crippen molar-refractivity contribution in [3.8, 4) is 0 Å². The van der Waals surface area contributed by atoms with E-state index in [1.54, 1.807) is 6.92 Å². The van der Waals surface area contributed by atoms with E-state index in [0.717, 1.165) is 0 Å². The highest BCUT2D eigenvalue weighted by Gasteiger charge is 2.46. The van der Waals surface area contributed by atoms with Gasteiger partial charge in [-0.3, -0.25) is 0 Å². The summed E-state index contributed by atoms with van der Waals surface area (Å²) in [5.41, 5.74) is -0.667. The molecular weight excluding hydrogens is 224 g/mol. The van der Waals surface area contributed by atoms with Crippen molar-refractivity contribution < 1.29 is 16.8 Å². The van der Waals surface area contributed by atoms with E-state index in [-0.39, 0.29) is 17.3 Å². The summed E-state index contributed by atoms with van der Waals surface area (Å²) in [6, 6.07) is 0. The monoisotopic (exact) mass is 232 g/mol. The first kappa shape index (κ1) is 10.3. The Morgan fingerprint density at radius 1 is 1.42 bits per heavy atom. The van der Waals surface area contributed by atoms with Gasteiger partial charge >= 0.3 is 0 Å². The van der Waals surface area contributed by atoms with E-state index in [0.29, 0.717) is 0 Å². The highest BCUT2D eigenvalue weighted by molar-refractivity contribution is 8.13. The summed E-state index contributed by atoms with van der Waals surface area (Å²) in [6.07, 6.45) is 0. The van der Waals surface area contributed by atoms with Crippen LogP contribution in [0.5, 0.6) is 0 Å². The summed E-state index contributed by atoms with van der Waals surface area (Å²) in [5, 5.41) is 0. The molecule has 1 rings (SSSR count). The number of sulfone groups is 1. The van der Waals surface area contributed by atoms with Crippen LogP contribution in [-0.4, -0.2) is 34.1 Å². The molecule has 1 aliphatic heterocycles. The summed E-state index contributed by atoms with van der Waals surface area (Å²) in [6.45, 7) is 1.61. The molecule has 0 radical (unpaired) electrons. The normalized spacial score (nSPS) is 26.2. The Morgan fingerprint density at radius 2 is 1.83 bits per heavy atom. The lowest BCUT2D eigenvalue weighted by atomic mass is 9.98. The van der Waals surface area contributed by atoms with E-state index in [4.69, 9.17) is 10.7 Å². The minimum Gasteiger partial charge on any atom is -0.229 e. The Bertz CT molecular complexity index is 368. The Kier molecular flexibility index (Phi) is 2.22. The summed E-state index contributed by atoms with van der Waals surface area (Å²) in [7, 11) is -1.57. The van der Waals surface area contributed by atoms with Crippen molar-refractivity contribution in [1.82, 2.24) is 0 Å². The predicted octanol–water partition coefficient (Wildman–Crippen LogP) is -0.0103. The van der Waals surface area contributed by atoms with Crippen molar-refractivity contribution in [1.29, 1.82) is 0 Å². The highest BCUT2D eigenvalue weighted by Crippen LogP contribution is 2.34. The fraction of sp³-hybridized carbons (Fsp3) is 1.00. The molecule has 0 N–H and O–H groups in total. The summed E-state index contributed by atoms with van der Waals surface area (Å²) in [4.78, 5) is 0. The van der Waals surface area contributed by atoms with Gasteiger partial charge in [-0.1, -0.05) is 6.92 Å². The molecule has 1 saturated heterocycles. The molecule has 0 aromatic heterocycles. The average molecular weight is 233 g/mol. The number of rotatable bonds is 2. The number of hydrogen-bond acceptors (Lipinski definition) is 4. The average Bonchev–Trinajstić information content (AvgIpc) is 1.48. The molecular formula is C5H9ClO4S2. The fourth-order valence-corrected chi connectivity index (χ4v) is 5.85. The lowest BCUT2D eigenvalue weighted by Crippen LogP contribution is -2.49.